The van der Waals surface area contributed by atoms with E-state index in [0.29, 0.717) is 12.8 Å². The number of aryl methyl sites for hydroxylation is 1. The van der Waals surface area contributed by atoms with Crippen LogP contribution in [0.3, 0.4) is 0 Å². The number of anilines is 1. The molecule has 1 rings (SSSR count). The number of aromatic nitrogens is 1. The molecule has 0 aromatic carbocycles. The topological polar surface area (TPSA) is 71.3 Å². The summed E-state index contributed by atoms with van der Waals surface area (Å²) in [6, 6.07) is 3.26. The van der Waals surface area contributed by atoms with Gasteiger partial charge in [0.05, 0.1) is 12.0 Å². The molecule has 1 aromatic rings. The van der Waals surface area contributed by atoms with Crippen LogP contribution in [0.4, 0.5) is 5.69 Å². The lowest BCUT2D eigenvalue weighted by atomic mass is 9.89. The normalized spacial score (nSPS) is 11.4. The zero-order valence-corrected chi connectivity index (χ0v) is 12.5. The van der Waals surface area contributed by atoms with Crippen LogP contribution >= 0.6 is 0 Å². The van der Waals surface area contributed by atoms with Crippen LogP contribution in [-0.2, 0) is 11.8 Å². The van der Waals surface area contributed by atoms with Crippen LogP contribution in [0.15, 0.2) is 23.1 Å². The molecule has 1 aromatic heterocycles. The van der Waals surface area contributed by atoms with Crippen LogP contribution in [-0.4, -0.2) is 21.2 Å². The average molecular weight is 280 g/mol. The van der Waals surface area contributed by atoms with E-state index < -0.39 is 5.60 Å². The van der Waals surface area contributed by atoms with Gasteiger partial charge in [-0.05, 0) is 25.0 Å². The summed E-state index contributed by atoms with van der Waals surface area (Å²) in [6.07, 6.45) is 4.45. The quantitative estimate of drug-likeness (QED) is 0.803. The standard InChI is InChI=1S/C15H24N2O3/c1-4-8-15(20,9-5-2)11-13(18)16-12-7-6-10-17(3)14(12)19/h6-7,10,20H,4-5,8-9,11H2,1-3H3,(H,16,18). The Hall–Kier alpha value is -1.62. The van der Waals surface area contributed by atoms with Crippen LogP contribution in [0.1, 0.15) is 46.0 Å². The van der Waals surface area contributed by atoms with Crippen molar-refractivity contribution in [3.05, 3.63) is 28.7 Å². The second-order valence-corrected chi connectivity index (χ2v) is 5.29. The zero-order valence-electron chi connectivity index (χ0n) is 12.5. The summed E-state index contributed by atoms with van der Waals surface area (Å²) >= 11 is 0. The second kappa shape index (κ2) is 7.24. The average Bonchev–Trinajstić information content (AvgIpc) is 2.35. The van der Waals surface area contributed by atoms with Gasteiger partial charge in [0.2, 0.25) is 5.91 Å². The summed E-state index contributed by atoms with van der Waals surface area (Å²) in [6.45, 7) is 3.96. The molecule has 5 nitrogen and oxygen atoms in total. The summed E-state index contributed by atoms with van der Waals surface area (Å²) in [5.41, 5.74) is -0.987. The molecular weight excluding hydrogens is 256 g/mol. The SMILES string of the molecule is CCCC(O)(CCC)CC(=O)Nc1cccn(C)c1=O. The first-order valence-corrected chi connectivity index (χ1v) is 7.09. The van der Waals surface area contributed by atoms with E-state index >= 15 is 0 Å². The van der Waals surface area contributed by atoms with Gasteiger partial charge in [0.1, 0.15) is 5.69 Å². The Kier molecular flexibility index (Phi) is 5.95. The van der Waals surface area contributed by atoms with E-state index in [1.54, 1.807) is 25.4 Å². The van der Waals surface area contributed by atoms with Crippen molar-refractivity contribution >= 4 is 11.6 Å². The molecule has 1 amide bonds. The van der Waals surface area contributed by atoms with Crippen molar-refractivity contribution in [2.45, 2.75) is 51.6 Å². The minimum Gasteiger partial charge on any atom is -0.389 e. The lowest BCUT2D eigenvalue weighted by molar-refractivity contribution is -0.121. The first-order chi connectivity index (χ1) is 9.41. The number of rotatable bonds is 7. The highest BCUT2D eigenvalue weighted by Crippen LogP contribution is 2.23. The van der Waals surface area contributed by atoms with Crippen molar-refractivity contribution in [3.63, 3.8) is 0 Å². The van der Waals surface area contributed by atoms with E-state index in [-0.39, 0.29) is 23.6 Å². The van der Waals surface area contributed by atoms with Crippen molar-refractivity contribution < 1.29 is 9.90 Å². The maximum Gasteiger partial charge on any atom is 0.274 e. The number of nitrogens with zero attached hydrogens (tertiary/aromatic N) is 1. The largest absolute Gasteiger partial charge is 0.389 e. The summed E-state index contributed by atoms with van der Waals surface area (Å²) in [4.78, 5) is 23.8. The molecule has 0 aliphatic heterocycles. The van der Waals surface area contributed by atoms with Gasteiger partial charge in [-0.2, -0.15) is 0 Å². The molecule has 0 spiro atoms. The number of nitrogens with one attached hydrogen (secondary N) is 1. The molecule has 0 bridgehead atoms. The predicted molar refractivity (Wildman–Crippen MR) is 79.7 cm³/mol. The predicted octanol–water partition coefficient (Wildman–Crippen LogP) is 2.05. The Morgan fingerprint density at radius 2 is 1.95 bits per heavy atom. The number of amides is 1. The van der Waals surface area contributed by atoms with Gasteiger partial charge in [-0.15, -0.1) is 0 Å². The first-order valence-electron chi connectivity index (χ1n) is 7.09. The van der Waals surface area contributed by atoms with Gasteiger partial charge in [0, 0.05) is 13.2 Å². The highest BCUT2D eigenvalue weighted by Gasteiger charge is 2.28. The van der Waals surface area contributed by atoms with E-state index in [2.05, 4.69) is 5.32 Å². The summed E-state index contributed by atoms with van der Waals surface area (Å²) in [5.74, 6) is -0.322. The van der Waals surface area contributed by atoms with Crippen LogP contribution < -0.4 is 10.9 Å². The number of carbonyl (C=O) groups is 1. The third-order valence-corrected chi connectivity index (χ3v) is 3.32. The van der Waals surface area contributed by atoms with Gasteiger partial charge in [-0.25, -0.2) is 0 Å². The molecule has 0 fully saturated rings. The minimum atomic E-state index is -0.979. The lowest BCUT2D eigenvalue weighted by Crippen LogP contribution is -2.35. The maximum absolute atomic E-state index is 12.0. The zero-order chi connectivity index (χ0) is 15.2. The van der Waals surface area contributed by atoms with Gasteiger partial charge >= 0.3 is 0 Å². The van der Waals surface area contributed by atoms with Crippen molar-refractivity contribution in [2.24, 2.45) is 7.05 Å². The molecule has 0 radical (unpaired) electrons. The number of hydrogen-bond acceptors (Lipinski definition) is 3. The van der Waals surface area contributed by atoms with E-state index in [9.17, 15) is 14.7 Å². The third-order valence-electron chi connectivity index (χ3n) is 3.32. The Balaban J connectivity index is 2.75. The fourth-order valence-electron chi connectivity index (χ4n) is 2.42. The maximum atomic E-state index is 12.0. The van der Waals surface area contributed by atoms with Crippen molar-refractivity contribution in [2.75, 3.05) is 5.32 Å². The van der Waals surface area contributed by atoms with Gasteiger partial charge in [0.25, 0.3) is 5.56 Å². The molecule has 0 saturated carbocycles. The molecule has 1 heterocycles. The third kappa shape index (κ3) is 4.49. The summed E-state index contributed by atoms with van der Waals surface area (Å²) < 4.78 is 1.40. The molecule has 0 saturated heterocycles. The van der Waals surface area contributed by atoms with E-state index in [1.807, 2.05) is 13.8 Å². The Morgan fingerprint density at radius 1 is 1.35 bits per heavy atom. The van der Waals surface area contributed by atoms with Crippen LogP contribution in [0.25, 0.3) is 0 Å². The van der Waals surface area contributed by atoms with Gasteiger partial charge < -0.3 is 15.0 Å². The smallest absolute Gasteiger partial charge is 0.274 e. The molecule has 20 heavy (non-hydrogen) atoms. The molecule has 0 aliphatic rings. The summed E-state index contributed by atoms with van der Waals surface area (Å²) in [7, 11) is 1.63. The van der Waals surface area contributed by atoms with Crippen LogP contribution in [0.5, 0.6) is 0 Å². The molecular formula is C15H24N2O3. The van der Waals surface area contributed by atoms with Gasteiger partial charge in [0.15, 0.2) is 0 Å². The number of aliphatic hydroxyl groups is 1. The van der Waals surface area contributed by atoms with E-state index in [0.717, 1.165) is 12.8 Å². The van der Waals surface area contributed by atoms with Crippen molar-refractivity contribution in [1.82, 2.24) is 4.57 Å². The minimum absolute atomic E-state index is 0.0206. The molecule has 2 N–H and O–H groups in total. The van der Waals surface area contributed by atoms with Crippen LogP contribution in [0, 0.1) is 0 Å². The molecule has 0 aliphatic carbocycles. The van der Waals surface area contributed by atoms with Crippen molar-refractivity contribution in [1.29, 1.82) is 0 Å². The highest BCUT2D eigenvalue weighted by atomic mass is 16.3. The van der Waals surface area contributed by atoms with Crippen LogP contribution in [0.2, 0.25) is 0 Å². The fourth-order valence-corrected chi connectivity index (χ4v) is 2.42. The fraction of sp³-hybridized carbons (Fsp3) is 0.600. The Bertz CT molecular complexity index is 502. The van der Waals surface area contributed by atoms with E-state index in [1.165, 1.54) is 4.57 Å². The summed E-state index contributed by atoms with van der Waals surface area (Å²) in [5, 5.41) is 13.0. The van der Waals surface area contributed by atoms with Gasteiger partial charge in [-0.3, -0.25) is 9.59 Å². The monoisotopic (exact) mass is 280 g/mol. The molecule has 5 heteroatoms. The molecule has 0 unspecified atom stereocenters. The highest BCUT2D eigenvalue weighted by molar-refractivity contribution is 5.91. The number of hydrogen-bond donors (Lipinski definition) is 2. The lowest BCUT2D eigenvalue weighted by Gasteiger charge is -2.26. The Labute approximate surface area is 119 Å². The molecule has 0 atom stereocenters. The second-order valence-electron chi connectivity index (χ2n) is 5.29. The van der Waals surface area contributed by atoms with Gasteiger partial charge in [-0.1, -0.05) is 26.7 Å². The molecule has 112 valence electrons. The number of carbonyl (C=O) groups excluding carboxylic acids is 1. The van der Waals surface area contributed by atoms with Crippen molar-refractivity contribution in [3.8, 4) is 0 Å². The van der Waals surface area contributed by atoms with E-state index in [4.69, 9.17) is 0 Å². The first kappa shape index (κ1) is 16.4. The Morgan fingerprint density at radius 3 is 2.50 bits per heavy atom. The number of pyridine rings is 1.